The third kappa shape index (κ3) is 3.71. The lowest BCUT2D eigenvalue weighted by Gasteiger charge is -2.32. The van der Waals surface area contributed by atoms with Crippen LogP contribution in [0.25, 0.3) is 0 Å². The van der Waals surface area contributed by atoms with Crippen molar-refractivity contribution in [2.24, 2.45) is 5.92 Å². The molecule has 1 aliphatic carbocycles. The van der Waals surface area contributed by atoms with Gasteiger partial charge in [0.15, 0.2) is 0 Å². The standard InChI is InChI=1S/C16H28N2O/c19-16(18-9-3-1-2-4-10-18)13-14-7-11-17(12-8-14)15-5-6-15/h14-15H,1-13H2. The van der Waals surface area contributed by atoms with E-state index in [0.29, 0.717) is 11.8 Å². The molecule has 0 aromatic heterocycles. The van der Waals surface area contributed by atoms with Crippen molar-refractivity contribution < 1.29 is 4.79 Å². The van der Waals surface area contributed by atoms with Crippen molar-refractivity contribution in [3.8, 4) is 0 Å². The van der Waals surface area contributed by atoms with Crippen LogP contribution in [0.3, 0.4) is 0 Å². The molecule has 108 valence electrons. The van der Waals surface area contributed by atoms with Gasteiger partial charge in [0.1, 0.15) is 0 Å². The van der Waals surface area contributed by atoms with Gasteiger partial charge in [-0.25, -0.2) is 0 Å². The molecule has 2 aliphatic heterocycles. The highest BCUT2D eigenvalue weighted by molar-refractivity contribution is 5.76. The summed E-state index contributed by atoms with van der Waals surface area (Å²) in [6.07, 6.45) is 11.2. The Kier molecular flexibility index (Phi) is 4.42. The van der Waals surface area contributed by atoms with E-state index in [9.17, 15) is 4.79 Å². The maximum absolute atomic E-state index is 12.4. The second-order valence-corrected chi connectivity index (χ2v) is 6.71. The summed E-state index contributed by atoms with van der Waals surface area (Å²) in [5.41, 5.74) is 0. The zero-order valence-corrected chi connectivity index (χ0v) is 12.1. The van der Waals surface area contributed by atoms with Crippen LogP contribution in [-0.2, 0) is 4.79 Å². The number of piperidine rings is 1. The Bertz CT molecular complexity index is 298. The van der Waals surface area contributed by atoms with Gasteiger partial charge in [0.25, 0.3) is 0 Å². The Hall–Kier alpha value is -0.570. The minimum atomic E-state index is 0.437. The molecule has 1 amide bonds. The number of carbonyl (C=O) groups is 1. The smallest absolute Gasteiger partial charge is 0.222 e. The summed E-state index contributed by atoms with van der Waals surface area (Å²) >= 11 is 0. The molecule has 0 aromatic carbocycles. The van der Waals surface area contributed by atoms with E-state index in [1.54, 1.807) is 0 Å². The normalized spacial score (nSPS) is 27.3. The molecular weight excluding hydrogens is 236 g/mol. The molecular formula is C16H28N2O. The number of carbonyl (C=O) groups excluding carboxylic acids is 1. The topological polar surface area (TPSA) is 23.6 Å². The van der Waals surface area contributed by atoms with Crippen LogP contribution in [0.15, 0.2) is 0 Å². The number of hydrogen-bond acceptors (Lipinski definition) is 2. The molecule has 3 fully saturated rings. The molecule has 3 rings (SSSR count). The van der Waals surface area contributed by atoms with E-state index in [4.69, 9.17) is 0 Å². The van der Waals surface area contributed by atoms with Crippen LogP contribution in [0, 0.1) is 5.92 Å². The van der Waals surface area contributed by atoms with E-state index in [0.717, 1.165) is 25.6 Å². The zero-order valence-electron chi connectivity index (χ0n) is 12.1. The Morgan fingerprint density at radius 2 is 1.47 bits per heavy atom. The van der Waals surface area contributed by atoms with Crippen molar-refractivity contribution in [2.75, 3.05) is 26.2 Å². The molecule has 0 aromatic rings. The molecule has 3 nitrogen and oxygen atoms in total. The Morgan fingerprint density at radius 3 is 2.05 bits per heavy atom. The van der Waals surface area contributed by atoms with Crippen molar-refractivity contribution in [2.45, 2.75) is 63.8 Å². The van der Waals surface area contributed by atoms with Crippen LogP contribution in [0.1, 0.15) is 57.8 Å². The van der Waals surface area contributed by atoms with Crippen molar-refractivity contribution in [1.82, 2.24) is 9.80 Å². The van der Waals surface area contributed by atoms with E-state index in [1.807, 2.05) is 0 Å². The first-order chi connectivity index (χ1) is 9.33. The van der Waals surface area contributed by atoms with Gasteiger partial charge in [-0.15, -0.1) is 0 Å². The van der Waals surface area contributed by atoms with Crippen LogP contribution in [0.5, 0.6) is 0 Å². The molecule has 0 bridgehead atoms. The summed E-state index contributed by atoms with van der Waals surface area (Å²) in [7, 11) is 0. The van der Waals surface area contributed by atoms with Gasteiger partial charge in [0.2, 0.25) is 5.91 Å². The number of hydrogen-bond donors (Lipinski definition) is 0. The van der Waals surface area contributed by atoms with Crippen molar-refractivity contribution in [1.29, 1.82) is 0 Å². The molecule has 3 heteroatoms. The predicted molar refractivity (Wildman–Crippen MR) is 77.0 cm³/mol. The number of rotatable bonds is 3. The first-order valence-electron chi connectivity index (χ1n) is 8.35. The molecule has 1 saturated carbocycles. The fourth-order valence-electron chi connectivity index (χ4n) is 3.66. The lowest BCUT2D eigenvalue weighted by Crippen LogP contribution is -2.38. The van der Waals surface area contributed by atoms with Crippen LogP contribution < -0.4 is 0 Å². The number of nitrogens with zero attached hydrogens (tertiary/aromatic N) is 2. The van der Waals surface area contributed by atoms with Gasteiger partial charge in [-0.1, -0.05) is 12.8 Å². The quantitative estimate of drug-likeness (QED) is 0.782. The van der Waals surface area contributed by atoms with Gasteiger partial charge >= 0.3 is 0 Å². The summed E-state index contributed by atoms with van der Waals surface area (Å²) in [5, 5.41) is 0. The molecule has 2 heterocycles. The molecule has 0 spiro atoms. The second kappa shape index (κ2) is 6.25. The van der Waals surface area contributed by atoms with Crippen LogP contribution in [0.2, 0.25) is 0 Å². The van der Waals surface area contributed by atoms with Crippen LogP contribution in [-0.4, -0.2) is 47.9 Å². The molecule has 3 aliphatic rings. The van der Waals surface area contributed by atoms with Gasteiger partial charge in [0.05, 0.1) is 0 Å². The van der Waals surface area contributed by atoms with E-state index in [1.165, 1.54) is 64.5 Å². The Labute approximate surface area is 117 Å². The fourth-order valence-corrected chi connectivity index (χ4v) is 3.66. The molecule has 19 heavy (non-hydrogen) atoms. The zero-order chi connectivity index (χ0) is 13.1. The Balaban J connectivity index is 1.41. The van der Waals surface area contributed by atoms with E-state index in [2.05, 4.69) is 9.80 Å². The van der Waals surface area contributed by atoms with Gasteiger partial charge in [-0.05, 0) is 57.5 Å². The minimum absolute atomic E-state index is 0.437. The lowest BCUT2D eigenvalue weighted by atomic mass is 9.93. The molecule has 2 saturated heterocycles. The molecule has 0 atom stereocenters. The minimum Gasteiger partial charge on any atom is -0.343 e. The largest absolute Gasteiger partial charge is 0.343 e. The maximum Gasteiger partial charge on any atom is 0.222 e. The average Bonchev–Trinajstić information content (AvgIpc) is 3.26. The maximum atomic E-state index is 12.4. The monoisotopic (exact) mass is 264 g/mol. The highest BCUT2D eigenvalue weighted by atomic mass is 16.2. The van der Waals surface area contributed by atoms with E-state index in [-0.39, 0.29) is 0 Å². The number of amides is 1. The summed E-state index contributed by atoms with van der Waals surface area (Å²) in [6, 6.07) is 0.905. The third-order valence-electron chi connectivity index (χ3n) is 5.13. The fraction of sp³-hybridized carbons (Fsp3) is 0.938. The van der Waals surface area contributed by atoms with Gasteiger partial charge in [0, 0.05) is 25.6 Å². The van der Waals surface area contributed by atoms with Gasteiger partial charge < -0.3 is 9.80 Å². The third-order valence-corrected chi connectivity index (χ3v) is 5.13. The highest BCUT2D eigenvalue weighted by Gasteiger charge is 2.32. The van der Waals surface area contributed by atoms with Crippen molar-refractivity contribution in [3.05, 3.63) is 0 Å². The average molecular weight is 264 g/mol. The first-order valence-corrected chi connectivity index (χ1v) is 8.35. The highest BCUT2D eigenvalue weighted by Crippen LogP contribution is 2.31. The Morgan fingerprint density at radius 1 is 0.842 bits per heavy atom. The summed E-state index contributed by atoms with van der Waals surface area (Å²) < 4.78 is 0. The number of likely N-dealkylation sites (tertiary alicyclic amines) is 2. The molecule has 0 radical (unpaired) electrons. The van der Waals surface area contributed by atoms with Crippen molar-refractivity contribution >= 4 is 5.91 Å². The van der Waals surface area contributed by atoms with E-state index >= 15 is 0 Å². The SMILES string of the molecule is O=C(CC1CCN(C2CC2)CC1)N1CCCCCC1. The first kappa shape index (κ1) is 13.4. The summed E-state index contributed by atoms with van der Waals surface area (Å²) in [6.45, 7) is 4.50. The van der Waals surface area contributed by atoms with Crippen molar-refractivity contribution in [3.63, 3.8) is 0 Å². The predicted octanol–water partition coefficient (Wildman–Crippen LogP) is 2.65. The summed E-state index contributed by atoms with van der Waals surface area (Å²) in [4.78, 5) is 17.1. The lowest BCUT2D eigenvalue weighted by molar-refractivity contribution is -0.132. The second-order valence-electron chi connectivity index (χ2n) is 6.71. The van der Waals surface area contributed by atoms with Crippen LogP contribution >= 0.6 is 0 Å². The molecule has 0 unspecified atom stereocenters. The van der Waals surface area contributed by atoms with Crippen LogP contribution in [0.4, 0.5) is 0 Å². The van der Waals surface area contributed by atoms with Gasteiger partial charge in [-0.3, -0.25) is 4.79 Å². The molecule has 0 N–H and O–H groups in total. The van der Waals surface area contributed by atoms with Gasteiger partial charge in [-0.2, -0.15) is 0 Å². The summed E-state index contributed by atoms with van der Waals surface area (Å²) in [5.74, 6) is 1.09. The van der Waals surface area contributed by atoms with E-state index < -0.39 is 0 Å².